The Balaban J connectivity index is 0.00000128. The summed E-state index contributed by atoms with van der Waals surface area (Å²) in [5.41, 5.74) is 1.28. The van der Waals surface area contributed by atoms with Crippen LogP contribution in [0.3, 0.4) is 0 Å². The fourth-order valence-corrected chi connectivity index (χ4v) is 2.09. The third-order valence-electron chi connectivity index (χ3n) is 2.90. The van der Waals surface area contributed by atoms with Crippen molar-refractivity contribution in [1.82, 2.24) is 5.32 Å². The van der Waals surface area contributed by atoms with Gasteiger partial charge in [-0.3, -0.25) is 0 Å². The molecule has 2 rings (SSSR count). The first kappa shape index (κ1) is 13.3. The molecule has 1 aliphatic rings. The number of benzene rings is 1. The normalized spacial score (nSPS) is 19.1. The summed E-state index contributed by atoms with van der Waals surface area (Å²) in [6, 6.07) is 4.23. The third-order valence-corrected chi connectivity index (χ3v) is 2.90. The van der Waals surface area contributed by atoms with E-state index < -0.39 is 11.7 Å². The van der Waals surface area contributed by atoms with E-state index in [0.29, 0.717) is 0 Å². The average molecular weight is 252 g/mol. The summed E-state index contributed by atoms with van der Waals surface area (Å²) in [5, 5.41) is 3.10. The lowest BCUT2D eigenvalue weighted by Crippen LogP contribution is -2.13. The molecule has 0 fully saturated rings. The maximum Gasteiger partial charge on any atom is 0.416 e. The van der Waals surface area contributed by atoms with Crippen molar-refractivity contribution in [3.63, 3.8) is 0 Å². The van der Waals surface area contributed by atoms with Crippen LogP contribution in [-0.2, 0) is 12.6 Å². The Morgan fingerprint density at radius 1 is 1.31 bits per heavy atom. The molecule has 1 aliphatic carbocycles. The molecule has 1 aromatic carbocycles. The van der Waals surface area contributed by atoms with Gasteiger partial charge in [0.15, 0.2) is 0 Å². The summed E-state index contributed by atoms with van der Waals surface area (Å²) in [7, 11) is 1.83. The molecule has 1 atom stereocenters. The number of nitrogens with one attached hydrogen (secondary N) is 1. The van der Waals surface area contributed by atoms with E-state index in [2.05, 4.69) is 5.32 Å². The monoisotopic (exact) mass is 251 g/mol. The van der Waals surface area contributed by atoms with Gasteiger partial charge in [-0.15, -0.1) is 12.4 Å². The van der Waals surface area contributed by atoms with Crippen LogP contribution in [0.4, 0.5) is 13.2 Å². The fraction of sp³-hybridized carbons (Fsp3) is 0.455. The summed E-state index contributed by atoms with van der Waals surface area (Å²) in [4.78, 5) is 0. The van der Waals surface area contributed by atoms with E-state index in [4.69, 9.17) is 0 Å². The molecule has 5 heteroatoms. The molecule has 0 spiro atoms. The Morgan fingerprint density at radius 3 is 2.56 bits per heavy atom. The second-order valence-electron chi connectivity index (χ2n) is 3.79. The molecule has 1 nitrogen and oxygen atoms in total. The van der Waals surface area contributed by atoms with E-state index in [-0.39, 0.29) is 18.4 Å². The Hall–Kier alpha value is -0.740. The van der Waals surface area contributed by atoms with Crippen molar-refractivity contribution in [2.75, 3.05) is 7.05 Å². The van der Waals surface area contributed by atoms with Gasteiger partial charge in [-0.05, 0) is 43.1 Å². The van der Waals surface area contributed by atoms with Crippen LogP contribution in [-0.4, -0.2) is 7.05 Å². The topological polar surface area (TPSA) is 12.0 Å². The highest BCUT2D eigenvalue weighted by Gasteiger charge is 2.32. The highest BCUT2D eigenvalue weighted by atomic mass is 35.5. The summed E-state index contributed by atoms with van der Waals surface area (Å²) >= 11 is 0. The summed E-state index contributed by atoms with van der Waals surface area (Å²) in [6.45, 7) is 0. The highest BCUT2D eigenvalue weighted by molar-refractivity contribution is 5.85. The van der Waals surface area contributed by atoms with Crippen LogP contribution in [0.25, 0.3) is 0 Å². The van der Waals surface area contributed by atoms with Crippen LogP contribution >= 0.6 is 12.4 Å². The van der Waals surface area contributed by atoms with Crippen LogP contribution < -0.4 is 5.32 Å². The minimum Gasteiger partial charge on any atom is -0.313 e. The zero-order chi connectivity index (χ0) is 11.1. The van der Waals surface area contributed by atoms with Crippen molar-refractivity contribution in [1.29, 1.82) is 0 Å². The molecule has 0 bridgehead atoms. The van der Waals surface area contributed by atoms with Crippen molar-refractivity contribution in [3.8, 4) is 0 Å². The van der Waals surface area contributed by atoms with Crippen molar-refractivity contribution in [2.45, 2.75) is 25.1 Å². The van der Waals surface area contributed by atoms with Crippen molar-refractivity contribution in [3.05, 3.63) is 34.9 Å². The van der Waals surface area contributed by atoms with Gasteiger partial charge in [0.1, 0.15) is 0 Å². The lowest BCUT2D eigenvalue weighted by atomic mass is 10.0. The molecule has 0 aromatic heterocycles. The minimum absolute atomic E-state index is 0. The smallest absolute Gasteiger partial charge is 0.313 e. The second-order valence-corrected chi connectivity index (χ2v) is 3.79. The zero-order valence-corrected chi connectivity index (χ0v) is 9.58. The van der Waals surface area contributed by atoms with Crippen LogP contribution in [0.1, 0.15) is 29.2 Å². The lowest BCUT2D eigenvalue weighted by molar-refractivity contribution is -0.137. The Kier molecular flexibility index (Phi) is 3.86. The van der Waals surface area contributed by atoms with Gasteiger partial charge in [0, 0.05) is 6.04 Å². The summed E-state index contributed by atoms with van der Waals surface area (Å²) < 4.78 is 37.3. The molecule has 0 radical (unpaired) electrons. The fourth-order valence-electron chi connectivity index (χ4n) is 2.09. The quantitative estimate of drug-likeness (QED) is 0.807. The van der Waals surface area contributed by atoms with Crippen LogP contribution in [0.5, 0.6) is 0 Å². The Labute approximate surface area is 98.4 Å². The van der Waals surface area contributed by atoms with Crippen molar-refractivity contribution < 1.29 is 13.2 Å². The average Bonchev–Trinajstić information content (AvgIpc) is 2.58. The molecule has 16 heavy (non-hydrogen) atoms. The molecule has 1 unspecified atom stereocenters. The molecule has 0 aliphatic heterocycles. The number of rotatable bonds is 1. The largest absolute Gasteiger partial charge is 0.416 e. The lowest BCUT2D eigenvalue weighted by Gasteiger charge is -2.12. The molecule has 0 amide bonds. The number of alkyl halides is 3. The Morgan fingerprint density at radius 2 is 2.00 bits per heavy atom. The van der Waals surface area contributed by atoms with E-state index in [9.17, 15) is 13.2 Å². The van der Waals surface area contributed by atoms with E-state index in [0.717, 1.165) is 30.0 Å². The van der Waals surface area contributed by atoms with Gasteiger partial charge >= 0.3 is 6.18 Å². The maximum atomic E-state index is 12.4. The minimum atomic E-state index is -4.23. The van der Waals surface area contributed by atoms with Gasteiger partial charge in [0.25, 0.3) is 0 Å². The summed E-state index contributed by atoms with van der Waals surface area (Å²) in [6.07, 6.45) is -2.62. The molecule has 90 valence electrons. The molecule has 1 N–H and O–H groups in total. The van der Waals surface area contributed by atoms with Gasteiger partial charge in [-0.25, -0.2) is 0 Å². The van der Waals surface area contributed by atoms with Crippen molar-refractivity contribution in [2.24, 2.45) is 0 Å². The second kappa shape index (κ2) is 4.63. The van der Waals surface area contributed by atoms with Gasteiger partial charge in [-0.1, -0.05) is 6.07 Å². The molecule has 0 saturated carbocycles. The number of aryl methyl sites for hydroxylation is 1. The van der Waals surface area contributed by atoms with Crippen molar-refractivity contribution >= 4 is 12.4 Å². The SMILES string of the molecule is CNC1CCc2cc(C(F)(F)F)ccc21.Cl. The van der Waals surface area contributed by atoms with Crippen LogP contribution in [0.2, 0.25) is 0 Å². The molecular formula is C11H13ClF3N. The molecular weight excluding hydrogens is 239 g/mol. The number of halogens is 4. The van der Waals surface area contributed by atoms with Crippen LogP contribution in [0, 0.1) is 0 Å². The van der Waals surface area contributed by atoms with E-state index >= 15 is 0 Å². The van der Waals surface area contributed by atoms with Crippen LogP contribution in [0.15, 0.2) is 18.2 Å². The predicted octanol–water partition coefficient (Wildman–Crippen LogP) is 3.33. The Bertz CT molecular complexity index is 376. The number of hydrogen-bond donors (Lipinski definition) is 1. The first-order valence-electron chi connectivity index (χ1n) is 4.89. The van der Waals surface area contributed by atoms with Gasteiger partial charge < -0.3 is 5.32 Å². The highest BCUT2D eigenvalue weighted by Crippen LogP contribution is 2.36. The third kappa shape index (κ3) is 2.33. The van der Waals surface area contributed by atoms with Gasteiger partial charge in [0.05, 0.1) is 5.56 Å². The predicted molar refractivity (Wildman–Crippen MR) is 58.8 cm³/mol. The van der Waals surface area contributed by atoms with E-state index in [1.54, 1.807) is 6.07 Å². The summed E-state index contributed by atoms with van der Waals surface area (Å²) in [5.74, 6) is 0. The van der Waals surface area contributed by atoms with Gasteiger partial charge in [-0.2, -0.15) is 13.2 Å². The standard InChI is InChI=1S/C11H12F3N.ClH/c1-15-10-5-2-7-6-8(11(12,13)14)3-4-9(7)10;/h3-4,6,10,15H,2,5H2,1H3;1H. The molecule has 0 heterocycles. The first-order chi connectivity index (χ1) is 7.02. The van der Waals surface area contributed by atoms with E-state index in [1.807, 2.05) is 7.05 Å². The number of hydrogen-bond acceptors (Lipinski definition) is 1. The van der Waals surface area contributed by atoms with E-state index in [1.165, 1.54) is 6.07 Å². The van der Waals surface area contributed by atoms with Gasteiger partial charge in [0.2, 0.25) is 0 Å². The molecule has 1 aromatic rings. The maximum absolute atomic E-state index is 12.4. The first-order valence-corrected chi connectivity index (χ1v) is 4.89. The molecule has 0 saturated heterocycles. The zero-order valence-electron chi connectivity index (χ0n) is 8.77. The number of fused-ring (bicyclic) bond motifs is 1.